The quantitative estimate of drug-likeness (QED) is 0.343. The van der Waals surface area contributed by atoms with Gasteiger partial charge < -0.3 is 21.2 Å². The van der Waals surface area contributed by atoms with E-state index in [0.717, 1.165) is 35.9 Å². The van der Waals surface area contributed by atoms with E-state index in [1.807, 2.05) is 0 Å². The minimum absolute atomic E-state index is 0.0364. The summed E-state index contributed by atoms with van der Waals surface area (Å²) >= 11 is 0. The molecule has 1 fully saturated rings. The lowest BCUT2D eigenvalue weighted by Crippen LogP contribution is -2.20. The summed E-state index contributed by atoms with van der Waals surface area (Å²) in [5.74, 6) is 0.264. The number of ether oxygens (including phenoxy) is 1. The van der Waals surface area contributed by atoms with Gasteiger partial charge in [-0.25, -0.2) is 14.1 Å². The summed E-state index contributed by atoms with van der Waals surface area (Å²) in [5.41, 5.74) is 7.25. The van der Waals surface area contributed by atoms with Gasteiger partial charge in [-0.1, -0.05) is 0 Å². The van der Waals surface area contributed by atoms with E-state index in [1.165, 1.54) is 18.3 Å². The molecule has 188 valence electrons. The zero-order valence-corrected chi connectivity index (χ0v) is 19.4. The molecular weight excluding hydrogens is 476 g/mol. The number of nitrogens with two attached hydrogens (primary N) is 1. The average molecular weight is 501 g/mol. The zero-order chi connectivity index (χ0) is 25.6. The van der Waals surface area contributed by atoms with Crippen LogP contribution in [0.3, 0.4) is 0 Å². The number of anilines is 1. The van der Waals surface area contributed by atoms with Crippen LogP contribution in [-0.4, -0.2) is 27.5 Å². The third-order valence-corrected chi connectivity index (χ3v) is 6.33. The number of halogens is 4. The second-order valence-electron chi connectivity index (χ2n) is 9.05. The summed E-state index contributed by atoms with van der Waals surface area (Å²) in [6.45, 7) is 2.30. The van der Waals surface area contributed by atoms with Gasteiger partial charge in [0.15, 0.2) is 17.3 Å². The molecule has 0 radical (unpaired) electrons. The summed E-state index contributed by atoms with van der Waals surface area (Å²) < 4.78 is 62.6. The van der Waals surface area contributed by atoms with Crippen LogP contribution in [0.4, 0.5) is 23.4 Å². The molecule has 1 atom stereocenters. The molecule has 0 spiro atoms. The van der Waals surface area contributed by atoms with Crippen LogP contribution in [0, 0.1) is 17.1 Å². The second-order valence-corrected chi connectivity index (χ2v) is 9.05. The van der Waals surface area contributed by atoms with Gasteiger partial charge in [0.2, 0.25) is 0 Å². The van der Waals surface area contributed by atoms with Crippen LogP contribution in [0.25, 0.3) is 11.4 Å². The number of nitrogen functional groups attached to an aromatic ring is 1. The Morgan fingerprint density at radius 1 is 1.25 bits per heavy atom. The lowest BCUT2D eigenvalue weighted by atomic mass is 10.0. The highest BCUT2D eigenvalue weighted by Crippen LogP contribution is 2.36. The van der Waals surface area contributed by atoms with Crippen molar-refractivity contribution in [3.63, 3.8) is 0 Å². The Labute approximate surface area is 204 Å². The first-order valence-electron chi connectivity index (χ1n) is 11.5. The summed E-state index contributed by atoms with van der Waals surface area (Å²) in [6, 6.07) is 6.36. The molecule has 1 aliphatic carbocycles. The van der Waals surface area contributed by atoms with E-state index >= 15 is 0 Å². The number of nitrogens with zero attached hydrogens (tertiary/aromatic N) is 3. The van der Waals surface area contributed by atoms with Crippen LogP contribution >= 0.6 is 0 Å². The predicted molar refractivity (Wildman–Crippen MR) is 126 cm³/mol. The number of benzene rings is 1. The molecule has 5 rings (SSSR count). The normalized spacial score (nSPS) is 19.9. The number of pyridine rings is 1. The Morgan fingerprint density at radius 3 is 2.72 bits per heavy atom. The van der Waals surface area contributed by atoms with E-state index in [1.54, 1.807) is 13.0 Å². The van der Waals surface area contributed by atoms with Crippen molar-refractivity contribution in [1.82, 2.24) is 20.1 Å². The maximum Gasteiger partial charge on any atom is 0.435 e. The number of hydrogen-bond donors (Lipinski definition) is 3. The van der Waals surface area contributed by atoms with Gasteiger partial charge in [0.1, 0.15) is 11.9 Å². The van der Waals surface area contributed by atoms with Crippen molar-refractivity contribution in [2.75, 3.05) is 12.3 Å². The van der Waals surface area contributed by atoms with Gasteiger partial charge >= 0.3 is 6.18 Å². The smallest absolute Gasteiger partial charge is 0.435 e. The fraction of sp³-hybridized carbons (Fsp3) is 0.320. The van der Waals surface area contributed by atoms with E-state index in [-0.39, 0.29) is 34.9 Å². The lowest BCUT2D eigenvalue weighted by molar-refractivity contribution is -0.141. The third kappa shape index (κ3) is 4.65. The molecule has 2 aromatic heterocycles. The SMILES string of the molecule is C[C@H]1Oc2cc(cnc2N)/C(NCC2CC2)=C(/C=N)Cc2cc(C(F)(F)F)nn2-c2ccc(F)cc21. The van der Waals surface area contributed by atoms with E-state index in [4.69, 9.17) is 15.9 Å². The second kappa shape index (κ2) is 8.96. The van der Waals surface area contributed by atoms with Crippen LogP contribution in [0.1, 0.15) is 48.4 Å². The standard InChI is InChI=1S/C25H24F4N6O/c1-13-19-8-17(26)4-5-20(19)35-18(9-22(34-35)25(27,28)29)6-15(10-30)23(32-11-14-2-3-14)16-7-21(36-13)24(31)33-12-16/h4-5,7-10,12-14,30,32H,2-3,6,11H2,1H3,(H2,31,33)/b23-15-,30-10?/t13-/m1/s1. The molecule has 2 aliphatic rings. The molecule has 7 nitrogen and oxygen atoms in total. The topological polar surface area (TPSA) is 102 Å². The van der Waals surface area contributed by atoms with E-state index in [0.29, 0.717) is 29.3 Å². The first-order valence-corrected chi connectivity index (χ1v) is 11.5. The molecular formula is C25H24F4N6O. The largest absolute Gasteiger partial charge is 0.482 e. The number of aromatic nitrogens is 3. The number of fused-ring (bicyclic) bond motifs is 5. The molecule has 0 saturated heterocycles. The zero-order valence-electron chi connectivity index (χ0n) is 19.4. The number of rotatable bonds is 4. The van der Waals surface area contributed by atoms with Crippen molar-refractivity contribution >= 4 is 17.7 Å². The molecule has 36 heavy (non-hydrogen) atoms. The van der Waals surface area contributed by atoms with E-state index < -0.39 is 23.8 Å². The van der Waals surface area contributed by atoms with Crippen molar-refractivity contribution in [2.24, 2.45) is 5.92 Å². The van der Waals surface area contributed by atoms with Gasteiger partial charge in [0.25, 0.3) is 0 Å². The number of alkyl halides is 3. The fourth-order valence-electron chi connectivity index (χ4n) is 4.25. The van der Waals surface area contributed by atoms with Gasteiger partial charge in [-0.15, -0.1) is 0 Å². The number of hydrogen-bond acceptors (Lipinski definition) is 6. The number of nitrogens with one attached hydrogen (secondary N) is 2. The van der Waals surface area contributed by atoms with Crippen LogP contribution in [0.15, 0.2) is 42.1 Å². The van der Waals surface area contributed by atoms with Crippen LogP contribution < -0.4 is 15.8 Å². The monoisotopic (exact) mass is 500 g/mol. The maximum atomic E-state index is 14.3. The molecule has 1 saturated carbocycles. The molecule has 4 N–H and O–H groups in total. The van der Waals surface area contributed by atoms with Crippen LogP contribution in [0.5, 0.6) is 5.75 Å². The maximum absolute atomic E-state index is 14.3. The predicted octanol–water partition coefficient (Wildman–Crippen LogP) is 5.06. The lowest BCUT2D eigenvalue weighted by Gasteiger charge is -2.23. The van der Waals surface area contributed by atoms with Crippen molar-refractivity contribution in [2.45, 2.75) is 38.5 Å². The van der Waals surface area contributed by atoms with Crippen molar-refractivity contribution < 1.29 is 22.3 Å². The highest BCUT2D eigenvalue weighted by Gasteiger charge is 2.36. The van der Waals surface area contributed by atoms with Gasteiger partial charge in [-0.3, -0.25) is 0 Å². The molecule has 3 aromatic rings. The van der Waals surface area contributed by atoms with E-state index in [2.05, 4.69) is 15.4 Å². The summed E-state index contributed by atoms with van der Waals surface area (Å²) in [6.07, 6.45) is -0.716. The first-order chi connectivity index (χ1) is 17.1. The molecule has 0 unspecified atom stereocenters. The van der Waals surface area contributed by atoms with Gasteiger partial charge in [0, 0.05) is 47.9 Å². The Hall–Kier alpha value is -3.89. The minimum atomic E-state index is -4.69. The van der Waals surface area contributed by atoms with Crippen molar-refractivity contribution in [3.05, 3.63) is 70.4 Å². The van der Waals surface area contributed by atoms with Crippen LogP contribution in [-0.2, 0) is 12.6 Å². The molecule has 3 heterocycles. The Kier molecular flexibility index (Phi) is 5.93. The summed E-state index contributed by atoms with van der Waals surface area (Å²) in [4.78, 5) is 4.24. The van der Waals surface area contributed by atoms with Crippen LogP contribution in [0.2, 0.25) is 0 Å². The third-order valence-electron chi connectivity index (χ3n) is 6.33. The number of allylic oxidation sites excluding steroid dienone is 1. The fourth-order valence-corrected chi connectivity index (χ4v) is 4.25. The first kappa shape index (κ1) is 23.8. The van der Waals surface area contributed by atoms with Gasteiger partial charge in [0.05, 0.1) is 5.69 Å². The van der Waals surface area contributed by atoms with Gasteiger partial charge in [-0.05, 0) is 61.6 Å². The minimum Gasteiger partial charge on any atom is -0.482 e. The van der Waals surface area contributed by atoms with Crippen molar-refractivity contribution in [1.29, 1.82) is 5.41 Å². The van der Waals surface area contributed by atoms with Gasteiger partial charge in [-0.2, -0.15) is 18.3 Å². The van der Waals surface area contributed by atoms with Crippen molar-refractivity contribution in [3.8, 4) is 11.4 Å². The summed E-state index contributed by atoms with van der Waals surface area (Å²) in [5, 5.41) is 15.3. The average Bonchev–Trinajstić information content (AvgIpc) is 3.56. The molecule has 1 aromatic carbocycles. The highest BCUT2D eigenvalue weighted by atomic mass is 19.4. The van der Waals surface area contributed by atoms with E-state index in [9.17, 15) is 17.6 Å². The molecule has 2 bridgehead atoms. The molecule has 11 heteroatoms. The Morgan fingerprint density at radius 2 is 2.03 bits per heavy atom. The Bertz CT molecular complexity index is 1360. The molecule has 0 amide bonds. The summed E-state index contributed by atoms with van der Waals surface area (Å²) in [7, 11) is 0. The highest BCUT2D eigenvalue weighted by molar-refractivity contribution is 5.89. The Balaban J connectivity index is 1.76. The molecule has 1 aliphatic heterocycles.